The molecule has 0 N–H and O–H groups in total. The minimum atomic E-state index is -0.510. The van der Waals surface area contributed by atoms with Crippen LogP contribution in [0.25, 0.3) is 10.2 Å². The van der Waals surface area contributed by atoms with Crippen LogP contribution in [0.4, 0.5) is 5.69 Å². The summed E-state index contributed by atoms with van der Waals surface area (Å²) in [5.41, 5.74) is -0.240. The normalized spacial score (nSPS) is 10.9. The molecule has 0 spiro atoms. The van der Waals surface area contributed by atoms with Gasteiger partial charge in [-0.05, 0) is 29.3 Å². The maximum absolute atomic E-state index is 12.6. The first-order valence-corrected chi connectivity index (χ1v) is 8.79. The SMILES string of the molecule is C=CCn1c(Sc2ccc([N+](=O)[O-])cc2Cl)nc2sccc2c1=O. The fraction of sp³-hybridized carbons (Fsp3) is 0.0667. The first-order valence-electron chi connectivity index (χ1n) is 6.72. The average molecular weight is 380 g/mol. The van der Waals surface area contributed by atoms with Crippen molar-refractivity contribution in [2.24, 2.45) is 0 Å². The lowest BCUT2D eigenvalue weighted by molar-refractivity contribution is -0.384. The molecule has 0 aliphatic heterocycles. The van der Waals surface area contributed by atoms with Gasteiger partial charge in [0, 0.05) is 23.6 Å². The number of allylic oxidation sites excluding steroid dienone is 1. The van der Waals surface area contributed by atoms with Crippen molar-refractivity contribution in [2.45, 2.75) is 16.6 Å². The molecule has 1 aromatic carbocycles. The number of fused-ring (bicyclic) bond motifs is 1. The molecule has 0 fully saturated rings. The zero-order chi connectivity index (χ0) is 17.3. The van der Waals surface area contributed by atoms with Gasteiger partial charge in [-0.3, -0.25) is 19.5 Å². The van der Waals surface area contributed by atoms with Gasteiger partial charge >= 0.3 is 0 Å². The predicted molar refractivity (Wildman–Crippen MR) is 96.3 cm³/mol. The summed E-state index contributed by atoms with van der Waals surface area (Å²) in [6.45, 7) is 3.98. The van der Waals surface area contributed by atoms with Crippen LogP contribution in [0.5, 0.6) is 0 Å². The van der Waals surface area contributed by atoms with E-state index in [0.717, 1.165) is 0 Å². The van der Waals surface area contributed by atoms with Crippen molar-refractivity contribution in [1.29, 1.82) is 0 Å². The van der Waals surface area contributed by atoms with E-state index < -0.39 is 4.92 Å². The van der Waals surface area contributed by atoms with Crippen LogP contribution in [0, 0.1) is 10.1 Å². The van der Waals surface area contributed by atoms with Crippen LogP contribution in [0.2, 0.25) is 5.02 Å². The fourth-order valence-corrected chi connectivity index (χ4v) is 4.08. The Morgan fingerprint density at radius 2 is 2.25 bits per heavy atom. The Morgan fingerprint density at radius 1 is 1.46 bits per heavy atom. The Bertz CT molecular complexity index is 1010. The minimum absolute atomic E-state index is 0.0884. The van der Waals surface area contributed by atoms with Gasteiger partial charge in [0.05, 0.1) is 15.3 Å². The van der Waals surface area contributed by atoms with E-state index in [1.54, 1.807) is 18.2 Å². The zero-order valence-corrected chi connectivity index (χ0v) is 14.5. The second-order valence-electron chi connectivity index (χ2n) is 4.71. The molecule has 0 radical (unpaired) electrons. The first kappa shape index (κ1) is 16.7. The van der Waals surface area contributed by atoms with Crippen molar-refractivity contribution in [1.82, 2.24) is 9.55 Å². The number of aromatic nitrogens is 2. The maximum atomic E-state index is 12.6. The molecular weight excluding hydrogens is 370 g/mol. The second-order valence-corrected chi connectivity index (χ2v) is 7.02. The third-order valence-corrected chi connectivity index (χ3v) is 5.49. The lowest BCUT2D eigenvalue weighted by Gasteiger charge is -2.10. The zero-order valence-electron chi connectivity index (χ0n) is 12.1. The van der Waals surface area contributed by atoms with Crippen LogP contribution < -0.4 is 5.56 Å². The van der Waals surface area contributed by atoms with Gasteiger partial charge in [-0.25, -0.2) is 4.98 Å². The lowest BCUT2D eigenvalue weighted by atomic mass is 10.3. The van der Waals surface area contributed by atoms with Crippen LogP contribution in [-0.4, -0.2) is 14.5 Å². The van der Waals surface area contributed by atoms with E-state index >= 15 is 0 Å². The number of rotatable bonds is 5. The quantitative estimate of drug-likeness (QED) is 0.285. The number of nitro groups is 1. The Morgan fingerprint density at radius 3 is 2.92 bits per heavy atom. The molecule has 0 amide bonds. The highest BCUT2D eigenvalue weighted by molar-refractivity contribution is 7.99. The number of hydrogen-bond acceptors (Lipinski definition) is 6. The summed E-state index contributed by atoms with van der Waals surface area (Å²) in [5.74, 6) is 0. The van der Waals surface area contributed by atoms with Gasteiger partial charge in [0.1, 0.15) is 4.83 Å². The summed E-state index contributed by atoms with van der Waals surface area (Å²) in [4.78, 5) is 28.6. The monoisotopic (exact) mass is 379 g/mol. The smallest absolute Gasteiger partial charge is 0.270 e. The molecule has 122 valence electrons. The molecule has 3 aromatic rings. The molecule has 2 aromatic heterocycles. The molecule has 0 atom stereocenters. The van der Waals surface area contributed by atoms with E-state index in [4.69, 9.17) is 11.6 Å². The van der Waals surface area contributed by atoms with Gasteiger partial charge in [0.15, 0.2) is 5.16 Å². The van der Waals surface area contributed by atoms with Gasteiger partial charge in [-0.2, -0.15) is 0 Å². The molecule has 0 aliphatic rings. The Kier molecular flexibility index (Phi) is 4.70. The summed E-state index contributed by atoms with van der Waals surface area (Å²) in [6, 6.07) is 5.94. The van der Waals surface area contributed by atoms with E-state index in [9.17, 15) is 14.9 Å². The van der Waals surface area contributed by atoms with Crippen LogP contribution in [0.3, 0.4) is 0 Å². The van der Waals surface area contributed by atoms with E-state index in [0.29, 0.717) is 26.8 Å². The molecule has 24 heavy (non-hydrogen) atoms. The minimum Gasteiger partial charge on any atom is -0.283 e. The number of nitrogens with zero attached hydrogens (tertiary/aromatic N) is 3. The van der Waals surface area contributed by atoms with Crippen molar-refractivity contribution in [3.8, 4) is 0 Å². The van der Waals surface area contributed by atoms with Crippen LogP contribution in [0.1, 0.15) is 0 Å². The Hall–Kier alpha value is -2.16. The Labute approximate surface area is 149 Å². The largest absolute Gasteiger partial charge is 0.283 e. The van der Waals surface area contributed by atoms with E-state index in [1.807, 2.05) is 5.38 Å². The highest BCUT2D eigenvalue weighted by Crippen LogP contribution is 2.35. The van der Waals surface area contributed by atoms with Crippen molar-refractivity contribution in [3.63, 3.8) is 0 Å². The van der Waals surface area contributed by atoms with Crippen molar-refractivity contribution in [2.75, 3.05) is 0 Å². The number of non-ortho nitro benzene ring substituents is 1. The summed E-state index contributed by atoms with van der Waals surface area (Å²) in [5, 5.41) is 13.9. The van der Waals surface area contributed by atoms with Gasteiger partial charge in [-0.1, -0.05) is 17.7 Å². The van der Waals surface area contributed by atoms with Gasteiger partial charge in [0.2, 0.25) is 0 Å². The first-order chi connectivity index (χ1) is 11.5. The third kappa shape index (κ3) is 3.08. The Balaban J connectivity index is 2.09. The van der Waals surface area contributed by atoms with Crippen LogP contribution in [-0.2, 0) is 6.54 Å². The molecule has 0 saturated carbocycles. The molecule has 3 rings (SSSR count). The summed E-state index contributed by atoms with van der Waals surface area (Å²) in [7, 11) is 0. The van der Waals surface area contributed by atoms with Gasteiger partial charge < -0.3 is 0 Å². The topological polar surface area (TPSA) is 78.0 Å². The number of halogens is 1. The predicted octanol–water partition coefficient (Wildman–Crippen LogP) is 4.36. The van der Waals surface area contributed by atoms with Gasteiger partial charge in [-0.15, -0.1) is 17.9 Å². The summed E-state index contributed by atoms with van der Waals surface area (Å²) < 4.78 is 1.50. The number of hydrogen-bond donors (Lipinski definition) is 0. The number of thiophene rings is 1. The standard InChI is InChI=1S/C15H10ClN3O3S2/c1-2-6-18-14(20)10-5-7-23-13(10)17-15(18)24-12-4-3-9(19(21)22)8-11(12)16/h2-5,7-8H,1,6H2. The lowest BCUT2D eigenvalue weighted by Crippen LogP contribution is -2.22. The van der Waals surface area contributed by atoms with Crippen LogP contribution >= 0.6 is 34.7 Å². The fourth-order valence-electron chi connectivity index (χ4n) is 2.08. The van der Waals surface area contributed by atoms with Crippen molar-refractivity contribution >= 4 is 50.6 Å². The molecular formula is C15H10ClN3O3S2. The molecule has 9 heteroatoms. The highest BCUT2D eigenvalue weighted by atomic mass is 35.5. The van der Waals surface area contributed by atoms with E-state index in [2.05, 4.69) is 11.6 Å². The summed E-state index contributed by atoms with van der Waals surface area (Å²) in [6.07, 6.45) is 1.61. The molecule has 0 aliphatic carbocycles. The molecule has 2 heterocycles. The molecule has 0 unspecified atom stereocenters. The van der Waals surface area contributed by atoms with Crippen molar-refractivity contribution in [3.05, 3.63) is 67.8 Å². The van der Waals surface area contributed by atoms with E-state index in [1.165, 1.54) is 39.8 Å². The molecule has 0 saturated heterocycles. The summed E-state index contributed by atoms with van der Waals surface area (Å²) >= 11 is 8.70. The van der Waals surface area contributed by atoms with Gasteiger partial charge in [0.25, 0.3) is 11.2 Å². The molecule has 6 nitrogen and oxygen atoms in total. The average Bonchev–Trinajstić information content (AvgIpc) is 3.01. The molecule has 0 bridgehead atoms. The maximum Gasteiger partial charge on any atom is 0.270 e. The number of nitro benzene ring substituents is 1. The highest BCUT2D eigenvalue weighted by Gasteiger charge is 2.15. The second kappa shape index (κ2) is 6.76. The van der Waals surface area contributed by atoms with Crippen LogP contribution in [0.15, 0.2) is 57.1 Å². The van der Waals surface area contributed by atoms with Crippen molar-refractivity contribution < 1.29 is 4.92 Å². The number of benzene rings is 1. The third-order valence-electron chi connectivity index (χ3n) is 3.19. The van der Waals surface area contributed by atoms with E-state index in [-0.39, 0.29) is 16.3 Å².